The third-order valence-corrected chi connectivity index (χ3v) is 2.91. The van der Waals surface area contributed by atoms with Gasteiger partial charge in [-0.05, 0) is 38.3 Å². The normalized spacial score (nSPS) is 20.6. The van der Waals surface area contributed by atoms with Crippen molar-refractivity contribution in [2.24, 2.45) is 5.92 Å². The largest absolute Gasteiger partial charge is 0.364 e. The maximum Gasteiger partial charge on any atom is 0.273 e. The highest BCUT2D eigenvalue weighted by Crippen LogP contribution is 2.12. The third-order valence-electron chi connectivity index (χ3n) is 2.91. The molecule has 1 aromatic heterocycles. The highest BCUT2D eigenvalue weighted by Gasteiger charge is 2.13. The Bertz CT molecular complexity index is 318. The molecule has 1 aromatic rings. The Hall–Kier alpha value is -1.36. The van der Waals surface area contributed by atoms with Crippen LogP contribution in [0.3, 0.4) is 0 Å². The molecule has 1 saturated heterocycles. The van der Waals surface area contributed by atoms with E-state index >= 15 is 0 Å². The van der Waals surface area contributed by atoms with E-state index in [1.54, 1.807) is 6.07 Å². The molecular formula is C11H17N3O2. The summed E-state index contributed by atoms with van der Waals surface area (Å²) in [7, 11) is 0. The summed E-state index contributed by atoms with van der Waals surface area (Å²) in [5.41, 5.74) is 0.349. The van der Waals surface area contributed by atoms with Crippen LogP contribution in [0.15, 0.2) is 16.9 Å². The highest BCUT2D eigenvalue weighted by atomic mass is 16.5. The molecule has 0 radical (unpaired) electrons. The Morgan fingerprint density at radius 3 is 3.31 bits per heavy atom. The molecule has 1 fully saturated rings. The first-order valence-electron chi connectivity index (χ1n) is 5.75. The lowest BCUT2D eigenvalue weighted by molar-refractivity contribution is 0.0941. The molecule has 1 aliphatic heterocycles. The summed E-state index contributed by atoms with van der Waals surface area (Å²) in [4.78, 5) is 11.5. The zero-order valence-electron chi connectivity index (χ0n) is 9.24. The van der Waals surface area contributed by atoms with Gasteiger partial charge in [0.15, 0.2) is 5.69 Å². The quantitative estimate of drug-likeness (QED) is 0.792. The van der Waals surface area contributed by atoms with Gasteiger partial charge in [-0.1, -0.05) is 5.16 Å². The van der Waals surface area contributed by atoms with Crippen LogP contribution in [0.5, 0.6) is 0 Å². The van der Waals surface area contributed by atoms with Gasteiger partial charge in [-0.3, -0.25) is 4.79 Å². The fraction of sp³-hybridized carbons (Fsp3) is 0.636. The second kappa shape index (κ2) is 5.65. The van der Waals surface area contributed by atoms with Gasteiger partial charge >= 0.3 is 0 Å². The minimum absolute atomic E-state index is 0.155. The molecule has 16 heavy (non-hydrogen) atoms. The van der Waals surface area contributed by atoms with Crippen LogP contribution < -0.4 is 10.6 Å². The van der Waals surface area contributed by atoms with Gasteiger partial charge in [-0.25, -0.2) is 0 Å². The molecule has 1 amide bonds. The number of piperidine rings is 1. The van der Waals surface area contributed by atoms with Crippen LogP contribution in [0.4, 0.5) is 0 Å². The fourth-order valence-corrected chi connectivity index (χ4v) is 1.98. The summed E-state index contributed by atoms with van der Waals surface area (Å²) < 4.78 is 4.61. The van der Waals surface area contributed by atoms with Crippen LogP contribution in [0, 0.1) is 5.92 Å². The number of carbonyl (C=O) groups is 1. The van der Waals surface area contributed by atoms with Crippen molar-refractivity contribution in [3.8, 4) is 0 Å². The zero-order valence-corrected chi connectivity index (χ0v) is 9.24. The van der Waals surface area contributed by atoms with E-state index in [9.17, 15) is 4.79 Å². The smallest absolute Gasteiger partial charge is 0.273 e. The zero-order chi connectivity index (χ0) is 11.2. The molecule has 88 valence electrons. The first-order chi connectivity index (χ1) is 7.86. The van der Waals surface area contributed by atoms with Gasteiger partial charge in [-0.15, -0.1) is 0 Å². The molecule has 2 N–H and O–H groups in total. The van der Waals surface area contributed by atoms with Crippen molar-refractivity contribution in [1.82, 2.24) is 15.8 Å². The summed E-state index contributed by atoms with van der Waals surface area (Å²) in [6.45, 7) is 2.90. The van der Waals surface area contributed by atoms with Crippen LogP contribution in [-0.2, 0) is 0 Å². The Morgan fingerprint density at radius 2 is 2.62 bits per heavy atom. The lowest BCUT2D eigenvalue weighted by Gasteiger charge is -2.22. The van der Waals surface area contributed by atoms with Crippen molar-refractivity contribution in [2.75, 3.05) is 19.6 Å². The predicted molar refractivity (Wildman–Crippen MR) is 59.0 cm³/mol. The van der Waals surface area contributed by atoms with Gasteiger partial charge in [0.05, 0.1) is 0 Å². The maximum atomic E-state index is 11.5. The molecule has 0 spiro atoms. The van der Waals surface area contributed by atoms with Crippen LogP contribution in [0.1, 0.15) is 29.8 Å². The van der Waals surface area contributed by atoms with E-state index in [0.717, 1.165) is 19.5 Å². The summed E-state index contributed by atoms with van der Waals surface area (Å²) in [5, 5.41) is 9.79. The molecule has 1 atom stereocenters. The second-order valence-electron chi connectivity index (χ2n) is 4.14. The van der Waals surface area contributed by atoms with E-state index in [2.05, 4.69) is 20.3 Å². The van der Waals surface area contributed by atoms with E-state index in [1.165, 1.54) is 19.1 Å². The lowest BCUT2D eigenvalue weighted by Crippen LogP contribution is -2.33. The van der Waals surface area contributed by atoms with Gasteiger partial charge in [0.25, 0.3) is 5.91 Å². The topological polar surface area (TPSA) is 67.2 Å². The molecule has 1 unspecified atom stereocenters. The van der Waals surface area contributed by atoms with Crippen LogP contribution >= 0.6 is 0 Å². The molecule has 1 aliphatic rings. The fourth-order valence-electron chi connectivity index (χ4n) is 1.98. The maximum absolute atomic E-state index is 11.5. The number of aromatic nitrogens is 1. The number of nitrogens with one attached hydrogen (secondary N) is 2. The number of rotatable bonds is 4. The summed E-state index contributed by atoms with van der Waals surface area (Å²) in [5.74, 6) is 0.531. The van der Waals surface area contributed by atoms with Gasteiger partial charge in [-0.2, -0.15) is 0 Å². The van der Waals surface area contributed by atoms with Gasteiger partial charge in [0, 0.05) is 12.6 Å². The van der Waals surface area contributed by atoms with E-state index in [1.807, 2.05) is 0 Å². The molecule has 5 nitrogen and oxygen atoms in total. The molecule has 0 aliphatic carbocycles. The van der Waals surface area contributed by atoms with Gasteiger partial charge in [0.1, 0.15) is 6.26 Å². The number of hydrogen-bond acceptors (Lipinski definition) is 4. The van der Waals surface area contributed by atoms with E-state index in [-0.39, 0.29) is 5.91 Å². The van der Waals surface area contributed by atoms with Crippen LogP contribution in [0.25, 0.3) is 0 Å². The van der Waals surface area contributed by atoms with Gasteiger partial charge in [0.2, 0.25) is 0 Å². The minimum atomic E-state index is -0.155. The first-order valence-corrected chi connectivity index (χ1v) is 5.75. The van der Waals surface area contributed by atoms with Crippen LogP contribution in [0.2, 0.25) is 0 Å². The standard InChI is InChI=1S/C11H17N3O2/c15-11(10-4-7-16-14-10)13-6-3-9-2-1-5-12-8-9/h4,7,9,12H,1-3,5-6,8H2,(H,13,15). The number of carbonyl (C=O) groups excluding carboxylic acids is 1. The Labute approximate surface area is 94.6 Å². The Morgan fingerprint density at radius 1 is 1.69 bits per heavy atom. The summed E-state index contributed by atoms with van der Waals surface area (Å²) in [6, 6.07) is 1.57. The molecule has 0 bridgehead atoms. The number of amides is 1. The van der Waals surface area contributed by atoms with E-state index in [0.29, 0.717) is 18.2 Å². The Balaban J connectivity index is 1.66. The average molecular weight is 223 g/mol. The first kappa shape index (κ1) is 11.1. The van der Waals surface area contributed by atoms with E-state index in [4.69, 9.17) is 0 Å². The SMILES string of the molecule is O=C(NCCC1CCCNC1)c1ccon1. The summed E-state index contributed by atoms with van der Waals surface area (Å²) in [6.07, 6.45) is 4.92. The molecule has 2 heterocycles. The molecule has 5 heteroatoms. The van der Waals surface area contributed by atoms with Crippen LogP contribution in [-0.4, -0.2) is 30.7 Å². The van der Waals surface area contributed by atoms with Crippen molar-refractivity contribution in [3.63, 3.8) is 0 Å². The second-order valence-corrected chi connectivity index (χ2v) is 4.14. The molecule has 2 rings (SSSR count). The molecule has 0 saturated carbocycles. The van der Waals surface area contributed by atoms with Crippen molar-refractivity contribution in [2.45, 2.75) is 19.3 Å². The third kappa shape index (κ3) is 3.06. The highest BCUT2D eigenvalue weighted by molar-refractivity contribution is 5.91. The number of hydrogen-bond donors (Lipinski definition) is 2. The van der Waals surface area contributed by atoms with Crippen molar-refractivity contribution >= 4 is 5.91 Å². The molecule has 0 aromatic carbocycles. The van der Waals surface area contributed by atoms with Gasteiger partial charge < -0.3 is 15.2 Å². The van der Waals surface area contributed by atoms with Crippen molar-refractivity contribution in [1.29, 1.82) is 0 Å². The minimum Gasteiger partial charge on any atom is -0.364 e. The Kier molecular flexibility index (Phi) is 3.93. The lowest BCUT2D eigenvalue weighted by atomic mass is 9.96. The van der Waals surface area contributed by atoms with Crippen molar-refractivity contribution < 1.29 is 9.32 Å². The monoisotopic (exact) mass is 223 g/mol. The van der Waals surface area contributed by atoms with E-state index < -0.39 is 0 Å². The predicted octanol–water partition coefficient (Wildman–Crippen LogP) is 0.794. The van der Waals surface area contributed by atoms with Crippen molar-refractivity contribution in [3.05, 3.63) is 18.0 Å². The summed E-state index contributed by atoms with van der Waals surface area (Å²) >= 11 is 0. The average Bonchev–Trinajstić information content (AvgIpc) is 2.84. The molecular weight excluding hydrogens is 206 g/mol. The number of nitrogens with zero attached hydrogens (tertiary/aromatic N) is 1.